The first-order valence-corrected chi connectivity index (χ1v) is 13.5. The molecule has 2 atom stereocenters. The van der Waals surface area contributed by atoms with Gasteiger partial charge in [-0.25, -0.2) is 4.39 Å². The fourth-order valence-corrected chi connectivity index (χ4v) is 5.37. The summed E-state index contributed by atoms with van der Waals surface area (Å²) >= 11 is 6.76. The van der Waals surface area contributed by atoms with Gasteiger partial charge in [-0.3, -0.25) is 9.99 Å². The number of nitriles is 1. The Morgan fingerprint density at radius 2 is 2.08 bits per heavy atom. The van der Waals surface area contributed by atoms with Gasteiger partial charge in [0.2, 0.25) is 0 Å². The van der Waals surface area contributed by atoms with Crippen LogP contribution in [0.25, 0.3) is 10.9 Å². The average molecular weight is 549 g/mol. The highest BCUT2D eigenvalue weighted by Crippen LogP contribution is 2.39. The Bertz CT molecular complexity index is 1520. The second-order valence-corrected chi connectivity index (χ2v) is 11.4. The number of benzene rings is 2. The maximum atomic E-state index is 13.8. The van der Waals surface area contributed by atoms with Gasteiger partial charge in [0.25, 0.3) is 0 Å². The number of aromatic nitrogens is 1. The molecule has 6 rings (SSSR count). The normalized spacial score (nSPS) is 22.3. The van der Waals surface area contributed by atoms with E-state index in [0.717, 1.165) is 19.3 Å². The number of hydrogen-bond acceptors (Lipinski definition) is 8. The van der Waals surface area contributed by atoms with Crippen molar-refractivity contribution in [3.8, 4) is 6.07 Å². The number of pyridine rings is 1. The molecule has 1 aliphatic carbocycles. The lowest BCUT2D eigenvalue weighted by Crippen LogP contribution is -2.44. The van der Waals surface area contributed by atoms with E-state index in [2.05, 4.69) is 46.5 Å². The molecular formula is C29H31ClFN7O. The molecule has 0 amide bonds. The van der Waals surface area contributed by atoms with Crippen LogP contribution in [-0.2, 0) is 4.74 Å². The summed E-state index contributed by atoms with van der Waals surface area (Å²) in [7, 11) is 0. The smallest absolute Gasteiger partial charge is 0.123 e. The molecule has 3 heterocycles. The first-order chi connectivity index (χ1) is 19.2. The van der Waals surface area contributed by atoms with Crippen molar-refractivity contribution in [2.75, 3.05) is 23.8 Å². The number of rotatable bonds is 7. The molecule has 8 nitrogen and oxygen atoms in total. The Labute approximate surface area is 233 Å². The Morgan fingerprint density at radius 1 is 1.28 bits per heavy atom. The summed E-state index contributed by atoms with van der Waals surface area (Å²) in [5, 5.41) is 19.9. The maximum Gasteiger partial charge on any atom is 0.123 e. The Kier molecular flexibility index (Phi) is 6.39. The zero-order valence-electron chi connectivity index (χ0n) is 22.8. The van der Waals surface area contributed by atoms with E-state index in [1.165, 1.54) is 18.3 Å². The number of nitrogens with one attached hydrogen (secondary N) is 4. The number of halogens is 2. The Hall–Kier alpha value is -3.58. The number of hydrogen-bond donors (Lipinski definition) is 4. The number of fused-ring (bicyclic) bond motifs is 1. The second kappa shape index (κ2) is 10.2. The monoisotopic (exact) mass is 548 g/mol. The standard InChI is InChI=1S/C29H31ClFN7O/c1-29(2)16-39-10-9-25(29)35-26-18(13-32)14-33-28-22(26)11-20(12-23(28)30)34-27(17-3-5-19(31)6-4-17)24-15-38(37-36-24)21-7-8-21/h3-6,11-12,14-15,21,25,27,34,36-37H,7-10,16H2,1-2H3,(H,33,35)/i27D. The minimum absolute atomic E-state index is 0.0659. The van der Waals surface area contributed by atoms with Gasteiger partial charge in [-0.05, 0) is 49.1 Å². The molecule has 3 aliphatic rings. The summed E-state index contributed by atoms with van der Waals surface area (Å²) in [6.45, 7) is 5.51. The van der Waals surface area contributed by atoms with Gasteiger partial charge in [0, 0.05) is 47.6 Å². The van der Waals surface area contributed by atoms with E-state index in [9.17, 15) is 11.0 Å². The third kappa shape index (κ3) is 5.20. The molecule has 1 saturated carbocycles. The van der Waals surface area contributed by atoms with Crippen LogP contribution in [0.5, 0.6) is 0 Å². The van der Waals surface area contributed by atoms with Crippen molar-refractivity contribution in [2.45, 2.75) is 51.2 Å². The molecule has 3 aromatic rings. The largest absolute Gasteiger partial charge is 0.381 e. The number of anilines is 2. The first-order valence-electron chi connectivity index (χ1n) is 13.6. The van der Waals surface area contributed by atoms with Crippen molar-refractivity contribution in [3.05, 3.63) is 76.5 Å². The molecule has 2 aromatic carbocycles. The van der Waals surface area contributed by atoms with Crippen LogP contribution in [0, 0.1) is 22.6 Å². The molecule has 1 saturated heterocycles. The summed E-state index contributed by atoms with van der Waals surface area (Å²) in [4.78, 5) is 4.48. The zero-order valence-corrected chi connectivity index (χ0v) is 22.6. The van der Waals surface area contributed by atoms with E-state index >= 15 is 0 Å². The van der Waals surface area contributed by atoms with Gasteiger partial charge >= 0.3 is 0 Å². The topological polar surface area (TPSA) is 97.3 Å². The molecule has 0 spiro atoms. The molecule has 2 fully saturated rings. The maximum absolute atomic E-state index is 13.8. The van der Waals surface area contributed by atoms with Crippen molar-refractivity contribution < 1.29 is 10.5 Å². The average Bonchev–Trinajstić information content (AvgIpc) is 3.65. The summed E-state index contributed by atoms with van der Waals surface area (Å²) in [5.41, 5.74) is 9.34. The van der Waals surface area contributed by atoms with Gasteiger partial charge in [0.05, 0.1) is 41.5 Å². The molecule has 1 aromatic heterocycles. The zero-order chi connectivity index (χ0) is 28.1. The highest BCUT2D eigenvalue weighted by atomic mass is 35.5. The molecular weight excluding hydrogens is 517 g/mol. The highest BCUT2D eigenvalue weighted by Gasteiger charge is 2.34. The SMILES string of the molecule is [2H]C(Nc1cc(Cl)c2ncc(C#N)c(NC3CCOCC3(C)C)c2c1)(C1=CN(C2CC2)NN1)c1ccc(F)cc1. The van der Waals surface area contributed by atoms with Gasteiger partial charge in [0.1, 0.15) is 11.9 Å². The van der Waals surface area contributed by atoms with Crippen molar-refractivity contribution in [2.24, 2.45) is 5.41 Å². The second-order valence-electron chi connectivity index (χ2n) is 11.0. The summed E-state index contributed by atoms with van der Waals surface area (Å²) < 4.78 is 29.2. The highest BCUT2D eigenvalue weighted by molar-refractivity contribution is 6.35. The fourth-order valence-electron chi connectivity index (χ4n) is 5.10. The fraction of sp³-hybridized carbons (Fsp3) is 0.379. The predicted molar refractivity (Wildman–Crippen MR) is 150 cm³/mol. The third-order valence-electron chi connectivity index (χ3n) is 7.53. The predicted octanol–water partition coefficient (Wildman–Crippen LogP) is 5.61. The molecule has 0 radical (unpaired) electrons. The van der Waals surface area contributed by atoms with Gasteiger partial charge in [-0.2, -0.15) is 5.26 Å². The van der Waals surface area contributed by atoms with Crippen LogP contribution in [0.15, 0.2) is 54.5 Å². The molecule has 202 valence electrons. The molecule has 10 heteroatoms. The summed E-state index contributed by atoms with van der Waals surface area (Å²) in [6, 6.07) is 10.6. The molecule has 2 aliphatic heterocycles. The molecule has 4 N–H and O–H groups in total. The minimum atomic E-state index is -1.52. The van der Waals surface area contributed by atoms with Crippen molar-refractivity contribution >= 4 is 33.9 Å². The Morgan fingerprint density at radius 3 is 2.79 bits per heavy atom. The van der Waals surface area contributed by atoms with E-state index in [1.54, 1.807) is 18.2 Å². The van der Waals surface area contributed by atoms with Gasteiger partial charge in [-0.1, -0.05) is 37.6 Å². The summed E-state index contributed by atoms with van der Waals surface area (Å²) in [6.07, 6.45) is 6.34. The van der Waals surface area contributed by atoms with Crippen LogP contribution in [0.4, 0.5) is 15.8 Å². The van der Waals surface area contributed by atoms with Gasteiger partial charge in [-0.15, -0.1) is 5.53 Å². The van der Waals surface area contributed by atoms with E-state index in [0.29, 0.717) is 63.4 Å². The Balaban J connectivity index is 1.43. The van der Waals surface area contributed by atoms with Gasteiger partial charge in [0.15, 0.2) is 0 Å². The van der Waals surface area contributed by atoms with Crippen molar-refractivity contribution in [1.29, 1.82) is 5.26 Å². The van der Waals surface area contributed by atoms with Crippen molar-refractivity contribution in [1.82, 2.24) is 21.0 Å². The van der Waals surface area contributed by atoms with Crippen LogP contribution in [0.2, 0.25) is 5.02 Å². The van der Waals surface area contributed by atoms with E-state index in [-0.39, 0.29) is 17.3 Å². The number of nitrogens with zero attached hydrogens (tertiary/aromatic N) is 3. The van der Waals surface area contributed by atoms with E-state index in [1.807, 2.05) is 17.3 Å². The first kappa shape index (κ1) is 24.5. The lowest BCUT2D eigenvalue weighted by atomic mass is 9.81. The van der Waals surface area contributed by atoms with Crippen LogP contribution in [0.1, 0.15) is 51.6 Å². The minimum Gasteiger partial charge on any atom is -0.381 e. The van der Waals surface area contributed by atoms with E-state index in [4.69, 9.17) is 16.3 Å². The van der Waals surface area contributed by atoms with E-state index < -0.39 is 6.02 Å². The molecule has 39 heavy (non-hydrogen) atoms. The number of ether oxygens (including phenoxy) is 1. The van der Waals surface area contributed by atoms with Crippen LogP contribution < -0.4 is 21.6 Å². The number of hydrazine groups is 2. The lowest BCUT2D eigenvalue weighted by molar-refractivity contribution is 0.00350. The van der Waals surface area contributed by atoms with Crippen LogP contribution in [0.3, 0.4) is 0 Å². The van der Waals surface area contributed by atoms with Crippen LogP contribution in [-0.4, -0.2) is 35.3 Å². The lowest BCUT2D eigenvalue weighted by Gasteiger charge is -2.39. The molecule has 0 bridgehead atoms. The van der Waals surface area contributed by atoms with Gasteiger partial charge < -0.3 is 20.8 Å². The van der Waals surface area contributed by atoms with Crippen LogP contribution >= 0.6 is 11.6 Å². The molecule has 2 unspecified atom stereocenters. The third-order valence-corrected chi connectivity index (χ3v) is 7.82. The van der Waals surface area contributed by atoms with Crippen molar-refractivity contribution in [3.63, 3.8) is 0 Å². The summed E-state index contributed by atoms with van der Waals surface area (Å²) in [5.74, 6) is -0.382. The quantitative estimate of drug-likeness (QED) is 0.303.